The predicted molar refractivity (Wildman–Crippen MR) is 65.8 cm³/mol. The number of aromatic nitrogens is 1. The van der Waals surface area contributed by atoms with Crippen molar-refractivity contribution in [1.29, 1.82) is 0 Å². The van der Waals surface area contributed by atoms with Crippen LogP contribution in [0.2, 0.25) is 0 Å². The summed E-state index contributed by atoms with van der Waals surface area (Å²) in [5.74, 6) is -0.942. The van der Waals surface area contributed by atoms with Crippen LogP contribution in [-0.4, -0.2) is 28.6 Å². The Kier molecular flexibility index (Phi) is 4.06. The van der Waals surface area contributed by atoms with E-state index in [2.05, 4.69) is 4.98 Å². The Hall–Kier alpha value is -1.91. The molecule has 0 spiro atoms. The minimum Gasteiger partial charge on any atom is -0.454 e. The molecule has 0 saturated heterocycles. The number of Topliss-reactive ketones (excluding diaryl/α,β-unsaturated/α-hetero) is 2. The Morgan fingerprint density at radius 2 is 1.72 bits per heavy atom. The molecule has 98 valence electrons. The van der Waals surface area contributed by atoms with Crippen LogP contribution in [0, 0.1) is 13.8 Å². The number of esters is 1. The van der Waals surface area contributed by atoms with E-state index in [4.69, 9.17) is 4.74 Å². The van der Waals surface area contributed by atoms with Gasteiger partial charge in [-0.25, -0.2) is 0 Å². The van der Waals surface area contributed by atoms with Crippen molar-refractivity contribution in [2.24, 2.45) is 0 Å². The lowest BCUT2D eigenvalue weighted by molar-refractivity contribution is -0.143. The van der Waals surface area contributed by atoms with Crippen molar-refractivity contribution >= 4 is 17.5 Å². The zero-order chi connectivity index (χ0) is 14.0. The minimum absolute atomic E-state index is 0.0968. The van der Waals surface area contributed by atoms with Gasteiger partial charge in [0.2, 0.25) is 5.78 Å². The summed E-state index contributed by atoms with van der Waals surface area (Å²) in [4.78, 5) is 37.2. The van der Waals surface area contributed by atoms with Crippen molar-refractivity contribution in [3.63, 3.8) is 0 Å². The van der Waals surface area contributed by atoms with Gasteiger partial charge in [0.25, 0.3) is 0 Å². The summed E-state index contributed by atoms with van der Waals surface area (Å²) in [6, 6.07) is 0. The highest BCUT2D eigenvalue weighted by Gasteiger charge is 2.25. The van der Waals surface area contributed by atoms with Gasteiger partial charge in [0.15, 0.2) is 11.9 Å². The first-order chi connectivity index (χ1) is 8.25. The molecule has 0 aromatic carbocycles. The number of H-pyrrole nitrogens is 1. The quantitative estimate of drug-likeness (QED) is 0.655. The number of rotatable bonds is 4. The third-order valence-electron chi connectivity index (χ3n) is 2.75. The highest BCUT2D eigenvalue weighted by Crippen LogP contribution is 2.20. The lowest BCUT2D eigenvalue weighted by atomic mass is 10.0. The summed E-state index contributed by atoms with van der Waals surface area (Å²) >= 11 is 0. The van der Waals surface area contributed by atoms with Crippen LogP contribution >= 0.6 is 0 Å². The molecule has 18 heavy (non-hydrogen) atoms. The molecule has 0 radical (unpaired) electrons. The Labute approximate surface area is 106 Å². The molecule has 0 amide bonds. The van der Waals surface area contributed by atoms with Gasteiger partial charge in [-0.2, -0.15) is 0 Å². The van der Waals surface area contributed by atoms with E-state index in [9.17, 15) is 14.4 Å². The van der Waals surface area contributed by atoms with Gasteiger partial charge in [-0.15, -0.1) is 0 Å². The molecular weight excluding hydrogens is 234 g/mol. The lowest BCUT2D eigenvalue weighted by Crippen LogP contribution is -2.24. The fourth-order valence-electron chi connectivity index (χ4n) is 2.03. The van der Waals surface area contributed by atoms with E-state index in [1.165, 1.54) is 20.8 Å². The number of nitrogens with one attached hydrogen (secondary N) is 1. The van der Waals surface area contributed by atoms with Gasteiger partial charge in [-0.1, -0.05) is 0 Å². The van der Waals surface area contributed by atoms with Crippen LogP contribution in [0.15, 0.2) is 0 Å². The first kappa shape index (κ1) is 14.2. The smallest absolute Gasteiger partial charge is 0.303 e. The lowest BCUT2D eigenvalue weighted by Gasteiger charge is -2.10. The summed E-state index contributed by atoms with van der Waals surface area (Å²) in [5, 5.41) is 0. The minimum atomic E-state index is -0.862. The number of aromatic amines is 1. The number of carbonyl (C=O) groups excluding carboxylic acids is 3. The van der Waals surface area contributed by atoms with Gasteiger partial charge in [-0.3, -0.25) is 14.4 Å². The topological polar surface area (TPSA) is 76.2 Å². The first-order valence-corrected chi connectivity index (χ1v) is 5.67. The molecule has 1 rings (SSSR count). The summed E-state index contributed by atoms with van der Waals surface area (Å²) in [5.41, 5.74) is 2.10. The van der Waals surface area contributed by atoms with Gasteiger partial charge in [0.05, 0.1) is 5.69 Å². The molecular formula is C13H17NO4. The van der Waals surface area contributed by atoms with E-state index in [0.29, 0.717) is 22.5 Å². The van der Waals surface area contributed by atoms with Gasteiger partial charge in [-0.05, 0) is 33.3 Å². The fraction of sp³-hybridized carbons (Fsp3) is 0.462. The monoisotopic (exact) mass is 251 g/mol. The van der Waals surface area contributed by atoms with Crippen LogP contribution in [0.25, 0.3) is 0 Å². The van der Waals surface area contributed by atoms with Gasteiger partial charge in [0.1, 0.15) is 0 Å². The van der Waals surface area contributed by atoms with Crippen molar-refractivity contribution < 1.29 is 19.1 Å². The van der Waals surface area contributed by atoms with Crippen molar-refractivity contribution in [1.82, 2.24) is 4.98 Å². The van der Waals surface area contributed by atoms with E-state index >= 15 is 0 Å². The van der Waals surface area contributed by atoms with Gasteiger partial charge < -0.3 is 9.72 Å². The molecule has 0 aliphatic heterocycles. The van der Waals surface area contributed by atoms with E-state index in [-0.39, 0.29) is 11.6 Å². The van der Waals surface area contributed by atoms with Gasteiger partial charge in [0, 0.05) is 18.2 Å². The van der Waals surface area contributed by atoms with Crippen molar-refractivity contribution in [3.8, 4) is 0 Å². The number of ketones is 2. The Balaban J connectivity index is 3.11. The number of hydrogen-bond acceptors (Lipinski definition) is 4. The SMILES string of the molecule is CC(=O)O[C@H](C)C(=O)c1[nH]c(C)c(C(C)=O)c1C. The number of aryl methyl sites for hydroxylation is 1. The summed E-state index contributed by atoms with van der Waals surface area (Å²) in [6.45, 7) is 7.64. The molecule has 5 heteroatoms. The Bertz CT molecular complexity index is 513. The summed E-state index contributed by atoms with van der Waals surface area (Å²) in [7, 11) is 0. The van der Waals surface area contributed by atoms with Crippen LogP contribution in [0.4, 0.5) is 0 Å². The molecule has 1 aromatic heterocycles. The van der Waals surface area contributed by atoms with Crippen LogP contribution in [-0.2, 0) is 9.53 Å². The molecule has 1 atom stereocenters. The molecule has 1 heterocycles. The second-order valence-electron chi connectivity index (χ2n) is 4.30. The van der Waals surface area contributed by atoms with E-state index < -0.39 is 12.1 Å². The maximum Gasteiger partial charge on any atom is 0.303 e. The fourth-order valence-corrected chi connectivity index (χ4v) is 2.03. The zero-order valence-corrected chi connectivity index (χ0v) is 11.2. The van der Waals surface area contributed by atoms with E-state index in [0.717, 1.165) is 0 Å². The van der Waals surface area contributed by atoms with Crippen LogP contribution in [0.5, 0.6) is 0 Å². The van der Waals surface area contributed by atoms with E-state index in [1.54, 1.807) is 13.8 Å². The normalized spacial score (nSPS) is 12.1. The molecule has 0 fully saturated rings. The van der Waals surface area contributed by atoms with Crippen molar-refractivity contribution in [2.45, 2.75) is 40.7 Å². The summed E-state index contributed by atoms with van der Waals surface area (Å²) in [6.07, 6.45) is -0.862. The average molecular weight is 251 g/mol. The highest BCUT2D eigenvalue weighted by atomic mass is 16.5. The van der Waals surface area contributed by atoms with Crippen LogP contribution in [0.1, 0.15) is 52.9 Å². The first-order valence-electron chi connectivity index (χ1n) is 5.67. The van der Waals surface area contributed by atoms with Gasteiger partial charge >= 0.3 is 5.97 Å². The molecule has 5 nitrogen and oxygen atoms in total. The van der Waals surface area contributed by atoms with Crippen LogP contribution < -0.4 is 0 Å². The third kappa shape index (κ3) is 2.67. The molecule has 0 unspecified atom stereocenters. The largest absolute Gasteiger partial charge is 0.454 e. The second kappa shape index (κ2) is 5.16. The summed E-state index contributed by atoms with van der Waals surface area (Å²) < 4.78 is 4.84. The van der Waals surface area contributed by atoms with Crippen molar-refractivity contribution in [2.75, 3.05) is 0 Å². The second-order valence-corrected chi connectivity index (χ2v) is 4.30. The molecule has 0 bridgehead atoms. The highest BCUT2D eigenvalue weighted by molar-refractivity contribution is 6.05. The molecule has 0 saturated carbocycles. The van der Waals surface area contributed by atoms with Crippen LogP contribution in [0.3, 0.4) is 0 Å². The standard InChI is InChI=1S/C13H17NO4/c1-6-11(8(3)15)7(2)14-12(6)13(17)9(4)18-10(5)16/h9,14H,1-5H3/t9-/m1/s1. The van der Waals surface area contributed by atoms with Crippen molar-refractivity contribution in [3.05, 3.63) is 22.5 Å². The molecule has 1 aromatic rings. The Morgan fingerprint density at radius 3 is 2.11 bits per heavy atom. The van der Waals surface area contributed by atoms with E-state index in [1.807, 2.05) is 0 Å². The number of carbonyl (C=O) groups is 3. The molecule has 0 aliphatic rings. The number of ether oxygens (including phenoxy) is 1. The molecule has 1 N–H and O–H groups in total. The third-order valence-corrected chi connectivity index (χ3v) is 2.75. The maximum atomic E-state index is 12.1. The zero-order valence-electron chi connectivity index (χ0n) is 11.2. The Morgan fingerprint density at radius 1 is 1.17 bits per heavy atom. The predicted octanol–water partition coefficient (Wildman–Crippen LogP) is 1.97. The maximum absolute atomic E-state index is 12.1. The molecule has 0 aliphatic carbocycles. The number of hydrogen-bond donors (Lipinski definition) is 1. The average Bonchev–Trinajstić information content (AvgIpc) is 2.51.